The van der Waals surface area contributed by atoms with Crippen molar-refractivity contribution >= 4 is 21.4 Å². The summed E-state index contributed by atoms with van der Waals surface area (Å²) in [7, 11) is -3.38. The maximum absolute atomic E-state index is 12.3. The molecule has 2 N–H and O–H groups in total. The van der Waals surface area contributed by atoms with Crippen molar-refractivity contribution in [2.24, 2.45) is 5.73 Å². The number of nitrogens with two attached hydrogens (primary N) is 1. The minimum atomic E-state index is -3.38. The molecule has 0 saturated heterocycles. The number of halogens is 1. The Balaban J connectivity index is 2.17. The highest BCUT2D eigenvalue weighted by Gasteiger charge is 2.59. The first-order valence-corrected chi connectivity index (χ1v) is 7.68. The van der Waals surface area contributed by atoms with Gasteiger partial charge in [-0.1, -0.05) is 11.6 Å². The van der Waals surface area contributed by atoms with Crippen LogP contribution in [0.5, 0.6) is 0 Å². The smallest absolute Gasteiger partial charge is 0.183 e. The van der Waals surface area contributed by atoms with Gasteiger partial charge in [-0.3, -0.25) is 0 Å². The molecule has 0 amide bonds. The fourth-order valence-corrected chi connectivity index (χ4v) is 4.12. The van der Waals surface area contributed by atoms with E-state index in [0.29, 0.717) is 18.1 Å². The van der Waals surface area contributed by atoms with E-state index in [0.717, 1.165) is 0 Å². The van der Waals surface area contributed by atoms with Crippen molar-refractivity contribution in [3.05, 3.63) is 29.3 Å². The normalized spacial score (nSPS) is 27.2. The molecule has 2 rings (SSSR count). The molecular formula is C12H16ClNO3S. The summed E-state index contributed by atoms with van der Waals surface area (Å²) in [6.45, 7) is 2.67. The van der Waals surface area contributed by atoms with E-state index in [-0.39, 0.29) is 11.5 Å². The van der Waals surface area contributed by atoms with Crippen molar-refractivity contribution < 1.29 is 13.2 Å². The fourth-order valence-electron chi connectivity index (χ4n) is 1.94. The average molecular weight is 290 g/mol. The van der Waals surface area contributed by atoms with Crippen LogP contribution in [0.4, 0.5) is 0 Å². The highest BCUT2D eigenvalue weighted by atomic mass is 35.5. The first-order valence-electron chi connectivity index (χ1n) is 5.76. The number of hydrogen-bond acceptors (Lipinski definition) is 4. The first kappa shape index (κ1) is 13.8. The molecule has 0 unspecified atom stereocenters. The highest BCUT2D eigenvalue weighted by Crippen LogP contribution is 2.42. The maximum Gasteiger partial charge on any atom is 0.183 e. The van der Waals surface area contributed by atoms with Crippen molar-refractivity contribution in [3.8, 4) is 0 Å². The van der Waals surface area contributed by atoms with E-state index in [4.69, 9.17) is 22.1 Å². The Labute approximate surface area is 112 Å². The van der Waals surface area contributed by atoms with Gasteiger partial charge in [0.1, 0.15) is 0 Å². The molecule has 6 heteroatoms. The van der Waals surface area contributed by atoms with E-state index >= 15 is 0 Å². The Morgan fingerprint density at radius 3 is 2.61 bits per heavy atom. The molecule has 0 aromatic heterocycles. The third-order valence-corrected chi connectivity index (χ3v) is 5.70. The van der Waals surface area contributed by atoms with Gasteiger partial charge in [0.15, 0.2) is 9.84 Å². The van der Waals surface area contributed by atoms with Gasteiger partial charge in [-0.15, -0.1) is 0 Å². The molecule has 0 heterocycles. The molecule has 2 atom stereocenters. The molecule has 1 fully saturated rings. The Bertz CT molecular complexity index is 529. The summed E-state index contributed by atoms with van der Waals surface area (Å²) in [4.78, 5) is 0.265. The lowest BCUT2D eigenvalue weighted by atomic mass is 10.3. The topological polar surface area (TPSA) is 69.4 Å². The minimum absolute atomic E-state index is 0.265. The monoisotopic (exact) mass is 289 g/mol. The molecule has 0 aliphatic heterocycles. The number of benzene rings is 1. The van der Waals surface area contributed by atoms with Crippen LogP contribution in [0.2, 0.25) is 5.02 Å². The lowest BCUT2D eigenvalue weighted by Gasteiger charge is -2.11. The molecule has 18 heavy (non-hydrogen) atoms. The van der Waals surface area contributed by atoms with Gasteiger partial charge in [-0.05, 0) is 37.6 Å². The second kappa shape index (κ2) is 4.81. The second-order valence-electron chi connectivity index (χ2n) is 4.56. The quantitative estimate of drug-likeness (QED) is 0.894. The lowest BCUT2D eigenvalue weighted by molar-refractivity contribution is 0.127. The summed E-state index contributed by atoms with van der Waals surface area (Å²) in [6.07, 6.45) is 0.442. The van der Waals surface area contributed by atoms with E-state index in [1.165, 1.54) is 12.1 Å². The molecule has 1 aromatic rings. The molecule has 0 spiro atoms. The molecule has 0 radical (unpaired) electrons. The third kappa shape index (κ3) is 2.54. The van der Waals surface area contributed by atoms with E-state index < -0.39 is 20.6 Å². The van der Waals surface area contributed by atoms with Gasteiger partial charge >= 0.3 is 0 Å². The van der Waals surface area contributed by atoms with E-state index in [1.54, 1.807) is 12.1 Å². The molecular weight excluding hydrogens is 274 g/mol. The number of rotatable bonds is 5. The highest BCUT2D eigenvalue weighted by molar-refractivity contribution is 7.92. The Kier molecular flexibility index (Phi) is 3.69. The van der Waals surface area contributed by atoms with Crippen molar-refractivity contribution in [3.63, 3.8) is 0 Å². The molecule has 1 saturated carbocycles. The molecule has 100 valence electrons. The summed E-state index contributed by atoms with van der Waals surface area (Å²) < 4.78 is 29.8. The van der Waals surface area contributed by atoms with E-state index in [1.807, 2.05) is 6.92 Å². The zero-order valence-corrected chi connectivity index (χ0v) is 11.7. The Hall–Kier alpha value is -0.620. The molecule has 1 aliphatic rings. The summed E-state index contributed by atoms with van der Waals surface area (Å²) in [6, 6.07) is 6.16. The van der Waals surface area contributed by atoms with Crippen LogP contribution in [0.3, 0.4) is 0 Å². The Morgan fingerprint density at radius 2 is 2.06 bits per heavy atom. The predicted molar refractivity (Wildman–Crippen MR) is 70.5 cm³/mol. The molecule has 1 aromatic carbocycles. The molecule has 4 nitrogen and oxygen atoms in total. The van der Waals surface area contributed by atoms with Crippen molar-refractivity contribution in [1.82, 2.24) is 0 Å². The maximum atomic E-state index is 12.3. The summed E-state index contributed by atoms with van der Waals surface area (Å²) in [5.74, 6) is 0. The summed E-state index contributed by atoms with van der Waals surface area (Å²) >= 11 is 5.74. The van der Waals surface area contributed by atoms with Gasteiger partial charge in [0.2, 0.25) is 0 Å². The standard InChI is InChI=1S/C12H16ClNO3S/c1-2-17-8-12(14)7-11(12)18(15,16)10-5-3-9(13)4-6-10/h3-6,11H,2,7-8,14H2,1H3/t11-,12-/m1/s1. The van der Waals surface area contributed by atoms with Crippen LogP contribution in [0, 0.1) is 0 Å². The van der Waals surface area contributed by atoms with Crippen molar-refractivity contribution in [2.45, 2.75) is 29.0 Å². The first-order chi connectivity index (χ1) is 8.40. The zero-order chi connectivity index (χ0) is 13.4. The SMILES string of the molecule is CCOC[C@]1(N)C[C@H]1S(=O)(=O)c1ccc(Cl)cc1. The van der Waals surface area contributed by atoms with Gasteiger partial charge in [0.05, 0.1) is 22.3 Å². The van der Waals surface area contributed by atoms with Crippen LogP contribution in [-0.4, -0.2) is 32.4 Å². The summed E-state index contributed by atoms with van der Waals surface area (Å²) in [5, 5.41) is -0.0456. The van der Waals surface area contributed by atoms with Crippen molar-refractivity contribution in [1.29, 1.82) is 0 Å². The number of sulfone groups is 1. The van der Waals surface area contributed by atoms with Crippen LogP contribution >= 0.6 is 11.6 Å². The largest absolute Gasteiger partial charge is 0.380 e. The summed E-state index contributed by atoms with van der Waals surface area (Å²) in [5.41, 5.74) is 5.26. The molecule has 0 bridgehead atoms. The average Bonchev–Trinajstić information content (AvgIpc) is 3.01. The van der Waals surface area contributed by atoms with Crippen molar-refractivity contribution in [2.75, 3.05) is 13.2 Å². The fraction of sp³-hybridized carbons (Fsp3) is 0.500. The lowest BCUT2D eigenvalue weighted by Crippen LogP contribution is -2.35. The molecule has 1 aliphatic carbocycles. The van der Waals surface area contributed by atoms with Crippen LogP contribution in [0.25, 0.3) is 0 Å². The van der Waals surface area contributed by atoms with Crippen LogP contribution < -0.4 is 5.73 Å². The van der Waals surface area contributed by atoms with Crippen LogP contribution in [-0.2, 0) is 14.6 Å². The van der Waals surface area contributed by atoms with E-state index in [2.05, 4.69) is 0 Å². The van der Waals surface area contributed by atoms with Crippen LogP contribution in [0.1, 0.15) is 13.3 Å². The van der Waals surface area contributed by atoms with Gasteiger partial charge in [0, 0.05) is 11.6 Å². The number of hydrogen-bond donors (Lipinski definition) is 1. The predicted octanol–water partition coefficient (Wildman–Crippen LogP) is 1.62. The van der Waals surface area contributed by atoms with Gasteiger partial charge < -0.3 is 10.5 Å². The minimum Gasteiger partial charge on any atom is -0.380 e. The zero-order valence-electron chi connectivity index (χ0n) is 10.1. The number of ether oxygens (including phenoxy) is 1. The van der Waals surface area contributed by atoms with Gasteiger partial charge in [0.25, 0.3) is 0 Å². The third-order valence-electron chi connectivity index (χ3n) is 3.14. The second-order valence-corrected chi connectivity index (χ2v) is 7.13. The van der Waals surface area contributed by atoms with E-state index in [9.17, 15) is 8.42 Å². The Morgan fingerprint density at radius 1 is 1.44 bits per heavy atom. The van der Waals surface area contributed by atoms with Crippen LogP contribution in [0.15, 0.2) is 29.2 Å². The van der Waals surface area contributed by atoms with Gasteiger partial charge in [-0.25, -0.2) is 8.42 Å². The van der Waals surface area contributed by atoms with Gasteiger partial charge in [-0.2, -0.15) is 0 Å².